The molecule has 0 radical (unpaired) electrons. The molecule has 6 aliphatic rings. The fourth-order valence-electron chi connectivity index (χ4n) is 12.2. The zero-order valence-electron chi connectivity index (χ0n) is 28.7. The molecule has 0 unspecified atom stereocenters. The molecule has 4 saturated carbocycles. The third-order valence-electron chi connectivity index (χ3n) is 15.2. The molecule has 6 rings (SSSR count). The van der Waals surface area contributed by atoms with Crippen LogP contribution in [0.2, 0.25) is 0 Å². The van der Waals surface area contributed by atoms with Crippen LogP contribution >= 0.6 is 0 Å². The first-order valence-electron chi connectivity index (χ1n) is 17.5. The van der Waals surface area contributed by atoms with E-state index in [9.17, 15) is 45.3 Å². The minimum absolute atomic E-state index is 0.0120. The van der Waals surface area contributed by atoms with Gasteiger partial charge in [0.1, 0.15) is 30.5 Å². The first-order valence-corrected chi connectivity index (χ1v) is 17.5. The van der Waals surface area contributed by atoms with Gasteiger partial charge in [-0.05, 0) is 104 Å². The number of rotatable bonds is 5. The number of carboxylic acid groups (broad SMARTS) is 2. The maximum absolute atomic E-state index is 13.3. The zero-order chi connectivity index (χ0) is 34.7. The summed E-state index contributed by atoms with van der Waals surface area (Å²) in [6.07, 6.45) is -2.13. The minimum Gasteiger partial charge on any atom is -0.481 e. The average molecular weight is 665 g/mol. The molecule has 1 saturated heterocycles. The summed E-state index contributed by atoms with van der Waals surface area (Å²) < 4.78 is 11.7. The van der Waals surface area contributed by atoms with Crippen molar-refractivity contribution in [2.45, 2.75) is 142 Å². The third kappa shape index (κ3) is 4.69. The lowest BCUT2D eigenvalue weighted by Crippen LogP contribution is -2.70. The van der Waals surface area contributed by atoms with E-state index in [1.165, 1.54) is 5.57 Å². The van der Waals surface area contributed by atoms with Gasteiger partial charge in [-0.1, -0.05) is 46.3 Å². The Morgan fingerprint density at radius 1 is 0.851 bits per heavy atom. The van der Waals surface area contributed by atoms with Gasteiger partial charge < -0.3 is 45.2 Å². The van der Waals surface area contributed by atoms with Crippen molar-refractivity contribution in [2.75, 3.05) is 6.61 Å². The van der Waals surface area contributed by atoms with Crippen molar-refractivity contribution in [3.05, 3.63) is 11.6 Å². The number of carbonyl (C=O) groups is 2. The van der Waals surface area contributed by atoms with Crippen molar-refractivity contribution in [3.8, 4) is 0 Å². The van der Waals surface area contributed by atoms with E-state index in [1.54, 1.807) is 6.92 Å². The number of aliphatic hydroxyl groups is 5. The summed E-state index contributed by atoms with van der Waals surface area (Å²) in [7, 11) is 0. The van der Waals surface area contributed by atoms with Crippen LogP contribution in [0.4, 0.5) is 0 Å². The van der Waals surface area contributed by atoms with E-state index in [0.717, 1.165) is 25.7 Å². The molecular weight excluding hydrogens is 608 g/mol. The van der Waals surface area contributed by atoms with Crippen molar-refractivity contribution in [1.82, 2.24) is 0 Å². The lowest BCUT2D eigenvalue weighted by atomic mass is 9.33. The van der Waals surface area contributed by atoms with Gasteiger partial charge in [0.05, 0.1) is 23.5 Å². The average Bonchev–Trinajstić information content (AvgIpc) is 2.98. The summed E-state index contributed by atoms with van der Waals surface area (Å²) in [4.78, 5) is 26.3. The molecule has 0 aromatic rings. The molecule has 7 N–H and O–H groups in total. The first-order chi connectivity index (χ1) is 21.7. The van der Waals surface area contributed by atoms with E-state index >= 15 is 0 Å². The fraction of sp³-hybridized carbons (Fsp3) is 0.889. The predicted octanol–water partition coefficient (Wildman–Crippen LogP) is 3.09. The van der Waals surface area contributed by atoms with E-state index in [-0.39, 0.29) is 34.5 Å². The van der Waals surface area contributed by atoms with Gasteiger partial charge in [-0.3, -0.25) is 9.59 Å². The Morgan fingerprint density at radius 2 is 1.51 bits per heavy atom. The van der Waals surface area contributed by atoms with Crippen LogP contribution in [0.15, 0.2) is 11.6 Å². The molecule has 11 heteroatoms. The topological polar surface area (TPSA) is 194 Å². The minimum atomic E-state index is -1.73. The number of aliphatic carboxylic acids is 2. The summed E-state index contributed by atoms with van der Waals surface area (Å²) in [6.45, 7) is 12.1. The van der Waals surface area contributed by atoms with Gasteiger partial charge in [-0.2, -0.15) is 0 Å². The summed E-state index contributed by atoms with van der Waals surface area (Å²) in [5.74, 6) is -2.29. The number of hydrogen-bond donors (Lipinski definition) is 7. The van der Waals surface area contributed by atoms with Gasteiger partial charge >= 0.3 is 11.9 Å². The number of aliphatic hydroxyl groups excluding tert-OH is 5. The lowest BCUT2D eigenvalue weighted by Gasteiger charge is -2.71. The Labute approximate surface area is 277 Å². The SMILES string of the molecule is CC1(C)CC[C@]2(C(=O)O)CC[C@@]3(C)C(=CC[C@H]4[C@@]5(C)C[C@H](O)[C@@H](O[C@@H]6O[C@H](CO)[C@@H](O)[C@H](O)[C@H]6O)[C@@](C)(C(=O)O)[C@@H]5CC[C@]43C)[C@H]2C1. The number of allylic oxidation sites excluding steroid dienone is 2. The van der Waals surface area contributed by atoms with Crippen LogP contribution in [0.5, 0.6) is 0 Å². The molecular formula is C36H56O11. The van der Waals surface area contributed by atoms with Crippen molar-refractivity contribution in [1.29, 1.82) is 0 Å². The number of fused-ring (bicyclic) bond motifs is 7. The van der Waals surface area contributed by atoms with Crippen molar-refractivity contribution in [2.24, 2.45) is 50.2 Å². The van der Waals surface area contributed by atoms with Crippen molar-refractivity contribution < 1.29 is 54.8 Å². The van der Waals surface area contributed by atoms with Gasteiger partial charge in [-0.25, -0.2) is 0 Å². The van der Waals surface area contributed by atoms with Crippen molar-refractivity contribution in [3.63, 3.8) is 0 Å². The smallest absolute Gasteiger partial charge is 0.312 e. The number of carboxylic acids is 2. The first kappa shape index (κ1) is 35.2. The third-order valence-corrected chi connectivity index (χ3v) is 15.2. The highest BCUT2D eigenvalue weighted by molar-refractivity contribution is 5.77. The second-order valence-corrected chi connectivity index (χ2v) is 17.8. The standard InChI is InChI=1S/C36H56O11/c1-31(2)11-13-36(30(44)45)14-12-33(4)18(19(36)15-31)7-8-22-32(3)16-20(38)27(35(6,29(42)43)23(32)9-10-34(22,33)5)47-28-26(41)25(40)24(39)21(17-37)46-28/h7,19-28,37-41H,8-17H2,1-6H3,(H,42,43)(H,44,45)/t19-,20+,21-,22+,23-,24-,25+,26-,27-,28+,32-,33+,34-,35+,36+/m1/s1. The van der Waals surface area contributed by atoms with Crippen LogP contribution < -0.4 is 0 Å². The van der Waals surface area contributed by atoms with Gasteiger partial charge in [0.2, 0.25) is 0 Å². The Kier molecular flexibility index (Phi) is 8.40. The van der Waals surface area contributed by atoms with Crippen LogP contribution in [-0.4, -0.2) is 97.2 Å². The maximum Gasteiger partial charge on any atom is 0.312 e. The summed E-state index contributed by atoms with van der Waals surface area (Å²) in [5, 5.41) is 74.4. The van der Waals surface area contributed by atoms with E-state index in [1.807, 2.05) is 0 Å². The Morgan fingerprint density at radius 3 is 2.13 bits per heavy atom. The van der Waals surface area contributed by atoms with Crippen LogP contribution in [0.25, 0.3) is 0 Å². The number of ether oxygens (including phenoxy) is 2. The second kappa shape index (κ2) is 11.2. The molecule has 0 amide bonds. The molecule has 5 aliphatic carbocycles. The quantitative estimate of drug-likeness (QED) is 0.169. The van der Waals surface area contributed by atoms with Gasteiger partial charge in [0, 0.05) is 0 Å². The molecule has 0 aromatic carbocycles. The molecule has 47 heavy (non-hydrogen) atoms. The molecule has 0 aromatic heterocycles. The summed E-state index contributed by atoms with van der Waals surface area (Å²) in [5.41, 5.74) is -2.22. The van der Waals surface area contributed by atoms with Gasteiger partial charge in [0.15, 0.2) is 6.29 Å². The molecule has 1 aliphatic heterocycles. The normalized spacial score (nSPS) is 53.8. The van der Waals surface area contributed by atoms with Gasteiger partial charge in [0.25, 0.3) is 0 Å². The van der Waals surface area contributed by atoms with E-state index < -0.39 is 83.6 Å². The monoisotopic (exact) mass is 664 g/mol. The summed E-state index contributed by atoms with van der Waals surface area (Å²) in [6, 6.07) is 0. The highest BCUT2D eigenvalue weighted by atomic mass is 16.7. The lowest BCUT2D eigenvalue weighted by molar-refractivity contribution is -0.340. The Balaban J connectivity index is 1.36. The van der Waals surface area contributed by atoms with Crippen LogP contribution in [0.1, 0.15) is 99.3 Å². The highest BCUT2D eigenvalue weighted by Gasteiger charge is 2.72. The van der Waals surface area contributed by atoms with Crippen LogP contribution in [-0.2, 0) is 19.1 Å². The molecule has 0 bridgehead atoms. The molecule has 15 atom stereocenters. The van der Waals surface area contributed by atoms with E-state index in [0.29, 0.717) is 25.7 Å². The molecule has 11 nitrogen and oxygen atoms in total. The molecule has 0 spiro atoms. The van der Waals surface area contributed by atoms with Crippen LogP contribution in [0, 0.1) is 50.2 Å². The fourth-order valence-corrected chi connectivity index (χ4v) is 12.2. The maximum atomic E-state index is 13.3. The molecule has 5 fully saturated rings. The van der Waals surface area contributed by atoms with Crippen LogP contribution in [0.3, 0.4) is 0 Å². The van der Waals surface area contributed by atoms with E-state index in [2.05, 4.69) is 40.7 Å². The Bertz CT molecular complexity index is 1310. The molecule has 1 heterocycles. The molecule has 266 valence electrons. The zero-order valence-corrected chi connectivity index (χ0v) is 28.7. The van der Waals surface area contributed by atoms with Gasteiger partial charge in [-0.15, -0.1) is 0 Å². The summed E-state index contributed by atoms with van der Waals surface area (Å²) >= 11 is 0. The highest BCUT2D eigenvalue weighted by Crippen LogP contribution is 2.76. The Hall–Kier alpha value is -1.60. The largest absolute Gasteiger partial charge is 0.481 e. The second-order valence-electron chi connectivity index (χ2n) is 17.8. The number of hydrogen-bond acceptors (Lipinski definition) is 9. The van der Waals surface area contributed by atoms with Crippen molar-refractivity contribution >= 4 is 11.9 Å². The predicted molar refractivity (Wildman–Crippen MR) is 169 cm³/mol. The van der Waals surface area contributed by atoms with E-state index in [4.69, 9.17) is 9.47 Å².